The Bertz CT molecular complexity index is 931. The minimum atomic E-state index is -0.680. The van der Waals surface area contributed by atoms with E-state index in [1.165, 1.54) is 4.90 Å². The van der Waals surface area contributed by atoms with Gasteiger partial charge in [-0.2, -0.15) is 0 Å². The van der Waals surface area contributed by atoms with Gasteiger partial charge in [0, 0.05) is 24.7 Å². The van der Waals surface area contributed by atoms with Crippen LogP contribution in [0.4, 0.5) is 10.5 Å². The van der Waals surface area contributed by atoms with Crippen molar-refractivity contribution in [1.82, 2.24) is 10.2 Å². The zero-order chi connectivity index (χ0) is 20.2. The highest BCUT2D eigenvalue weighted by Crippen LogP contribution is 2.34. The monoisotopic (exact) mass is 395 g/mol. The van der Waals surface area contributed by atoms with Crippen LogP contribution in [-0.2, 0) is 16.0 Å². The fourth-order valence-electron chi connectivity index (χ4n) is 3.34. The fraction of sp³-hybridized carbons (Fsp3) is 0.286. The average Bonchev–Trinajstić information content (AvgIpc) is 3.29. The van der Waals surface area contributed by atoms with E-state index in [-0.39, 0.29) is 31.4 Å². The fourth-order valence-corrected chi connectivity index (χ4v) is 3.34. The molecular weight excluding hydrogens is 374 g/mol. The molecule has 0 aliphatic carbocycles. The molecule has 4 amide bonds. The normalized spacial score (nSPS) is 17.4. The van der Waals surface area contributed by atoms with Gasteiger partial charge in [0.25, 0.3) is 5.91 Å². The van der Waals surface area contributed by atoms with Gasteiger partial charge in [0.1, 0.15) is 6.04 Å². The number of carbonyl (C=O) groups is 3. The molecule has 0 aromatic heterocycles. The van der Waals surface area contributed by atoms with Gasteiger partial charge in [0.2, 0.25) is 12.7 Å². The van der Waals surface area contributed by atoms with Crippen LogP contribution < -0.4 is 20.1 Å². The van der Waals surface area contributed by atoms with Gasteiger partial charge in [-0.1, -0.05) is 30.3 Å². The van der Waals surface area contributed by atoms with Gasteiger partial charge < -0.3 is 20.1 Å². The summed E-state index contributed by atoms with van der Waals surface area (Å²) in [6.07, 6.45) is 0.942. The number of ether oxygens (including phenoxy) is 2. The summed E-state index contributed by atoms with van der Waals surface area (Å²) in [7, 11) is 0. The molecular formula is C21H21N3O5. The Kier molecular flexibility index (Phi) is 5.33. The quantitative estimate of drug-likeness (QED) is 0.701. The summed E-state index contributed by atoms with van der Waals surface area (Å²) in [6.45, 7) is 0.478. The first-order chi connectivity index (χ1) is 14.1. The van der Waals surface area contributed by atoms with E-state index in [0.717, 1.165) is 5.56 Å². The van der Waals surface area contributed by atoms with Gasteiger partial charge in [0.15, 0.2) is 11.5 Å². The van der Waals surface area contributed by atoms with E-state index in [0.29, 0.717) is 30.2 Å². The number of benzene rings is 2. The number of hydrogen-bond donors (Lipinski definition) is 2. The summed E-state index contributed by atoms with van der Waals surface area (Å²) in [5, 5.41) is 5.43. The number of anilines is 1. The Morgan fingerprint density at radius 1 is 1.10 bits per heavy atom. The lowest BCUT2D eigenvalue weighted by atomic mass is 10.1. The SMILES string of the molecule is O=C(CC[C@@H]1NC(=O)N(CCc2ccccc2)C1=O)Nc1ccc2c(c1)OCO2. The van der Waals surface area contributed by atoms with Gasteiger partial charge in [-0.25, -0.2) is 4.79 Å². The maximum absolute atomic E-state index is 12.5. The van der Waals surface area contributed by atoms with E-state index in [1.807, 2.05) is 30.3 Å². The Labute approximate surface area is 167 Å². The maximum atomic E-state index is 12.5. The molecule has 2 aromatic carbocycles. The van der Waals surface area contributed by atoms with Crippen molar-refractivity contribution < 1.29 is 23.9 Å². The summed E-state index contributed by atoms with van der Waals surface area (Å²) in [5.74, 6) is 0.684. The highest BCUT2D eigenvalue weighted by Gasteiger charge is 2.37. The second-order valence-electron chi connectivity index (χ2n) is 6.88. The molecule has 0 spiro atoms. The van der Waals surface area contributed by atoms with Gasteiger partial charge in [-0.05, 0) is 30.5 Å². The number of rotatable bonds is 7. The number of fused-ring (bicyclic) bond motifs is 1. The molecule has 0 radical (unpaired) electrons. The molecule has 8 nitrogen and oxygen atoms in total. The predicted molar refractivity (Wildman–Crippen MR) is 105 cm³/mol. The Morgan fingerprint density at radius 2 is 1.90 bits per heavy atom. The molecule has 0 saturated carbocycles. The molecule has 0 bridgehead atoms. The van der Waals surface area contributed by atoms with Crippen molar-refractivity contribution in [2.75, 3.05) is 18.7 Å². The van der Waals surface area contributed by atoms with Crippen molar-refractivity contribution in [1.29, 1.82) is 0 Å². The maximum Gasteiger partial charge on any atom is 0.324 e. The molecule has 1 fully saturated rings. The average molecular weight is 395 g/mol. The van der Waals surface area contributed by atoms with E-state index >= 15 is 0 Å². The number of carbonyl (C=O) groups excluding carboxylic acids is 3. The minimum Gasteiger partial charge on any atom is -0.454 e. The van der Waals surface area contributed by atoms with E-state index in [2.05, 4.69) is 10.6 Å². The number of amides is 4. The van der Waals surface area contributed by atoms with Crippen LogP contribution in [0.1, 0.15) is 18.4 Å². The van der Waals surface area contributed by atoms with Crippen LogP contribution in [-0.4, -0.2) is 42.1 Å². The molecule has 2 heterocycles. The van der Waals surface area contributed by atoms with Gasteiger partial charge in [-0.15, -0.1) is 0 Å². The first-order valence-electron chi connectivity index (χ1n) is 9.45. The molecule has 8 heteroatoms. The van der Waals surface area contributed by atoms with Gasteiger partial charge in [-0.3, -0.25) is 14.5 Å². The number of urea groups is 1. The lowest BCUT2D eigenvalue weighted by molar-refractivity contribution is -0.127. The molecule has 2 aliphatic heterocycles. The van der Waals surface area contributed by atoms with Crippen LogP contribution in [0.25, 0.3) is 0 Å². The summed E-state index contributed by atoms with van der Waals surface area (Å²) < 4.78 is 10.5. The van der Waals surface area contributed by atoms with Crippen LogP contribution >= 0.6 is 0 Å². The second-order valence-corrected chi connectivity index (χ2v) is 6.88. The lowest BCUT2D eigenvalue weighted by Crippen LogP contribution is -2.33. The number of imide groups is 1. The highest BCUT2D eigenvalue weighted by molar-refractivity contribution is 6.04. The third-order valence-corrected chi connectivity index (χ3v) is 4.89. The van der Waals surface area contributed by atoms with Crippen molar-refractivity contribution in [2.24, 2.45) is 0 Å². The lowest BCUT2D eigenvalue weighted by Gasteiger charge is -2.13. The van der Waals surface area contributed by atoms with E-state index in [1.54, 1.807) is 18.2 Å². The molecule has 1 atom stereocenters. The zero-order valence-corrected chi connectivity index (χ0v) is 15.7. The van der Waals surface area contributed by atoms with Crippen molar-refractivity contribution in [2.45, 2.75) is 25.3 Å². The van der Waals surface area contributed by atoms with E-state index < -0.39 is 12.1 Å². The largest absolute Gasteiger partial charge is 0.454 e. The molecule has 2 N–H and O–H groups in total. The summed E-state index contributed by atoms with van der Waals surface area (Å²) in [4.78, 5) is 38.1. The summed E-state index contributed by atoms with van der Waals surface area (Å²) >= 11 is 0. The minimum absolute atomic E-state index is 0.109. The number of nitrogens with zero attached hydrogens (tertiary/aromatic N) is 1. The molecule has 2 aliphatic rings. The van der Waals surface area contributed by atoms with Crippen LogP contribution in [0.3, 0.4) is 0 Å². The van der Waals surface area contributed by atoms with E-state index in [4.69, 9.17) is 9.47 Å². The molecule has 0 unspecified atom stereocenters. The Hall–Kier alpha value is -3.55. The zero-order valence-electron chi connectivity index (χ0n) is 15.7. The smallest absolute Gasteiger partial charge is 0.324 e. The van der Waals surface area contributed by atoms with Crippen molar-refractivity contribution in [3.63, 3.8) is 0 Å². The molecule has 1 saturated heterocycles. The van der Waals surface area contributed by atoms with Gasteiger partial charge in [0.05, 0.1) is 0 Å². The number of hydrogen-bond acceptors (Lipinski definition) is 5. The van der Waals surface area contributed by atoms with Crippen molar-refractivity contribution in [3.8, 4) is 11.5 Å². The predicted octanol–water partition coefficient (Wildman–Crippen LogP) is 2.30. The van der Waals surface area contributed by atoms with Gasteiger partial charge >= 0.3 is 6.03 Å². The third kappa shape index (κ3) is 4.31. The number of nitrogens with one attached hydrogen (secondary N) is 2. The highest BCUT2D eigenvalue weighted by atomic mass is 16.7. The standard InChI is InChI=1S/C21H21N3O5/c25-19(22-15-6-8-17-18(12-15)29-13-28-17)9-7-16-20(26)24(21(27)23-16)11-10-14-4-2-1-3-5-14/h1-6,8,12,16H,7,9-11,13H2,(H,22,25)(H,23,27)/t16-/m0/s1. The van der Waals surface area contributed by atoms with Crippen LogP contribution in [0, 0.1) is 0 Å². The third-order valence-electron chi connectivity index (χ3n) is 4.89. The van der Waals surface area contributed by atoms with Crippen LogP contribution in [0.2, 0.25) is 0 Å². The van der Waals surface area contributed by atoms with Crippen molar-refractivity contribution in [3.05, 3.63) is 54.1 Å². The second kappa shape index (κ2) is 8.22. The molecule has 29 heavy (non-hydrogen) atoms. The van der Waals surface area contributed by atoms with Crippen LogP contribution in [0.15, 0.2) is 48.5 Å². The first kappa shape index (κ1) is 18.8. The molecule has 4 rings (SSSR count). The topological polar surface area (TPSA) is 97.0 Å². The first-order valence-corrected chi connectivity index (χ1v) is 9.45. The molecule has 150 valence electrons. The summed E-state index contributed by atoms with van der Waals surface area (Å²) in [6, 6.07) is 13.7. The Morgan fingerprint density at radius 3 is 2.72 bits per heavy atom. The van der Waals surface area contributed by atoms with Crippen molar-refractivity contribution >= 4 is 23.5 Å². The Balaban J connectivity index is 1.26. The van der Waals surface area contributed by atoms with E-state index in [9.17, 15) is 14.4 Å². The van der Waals surface area contributed by atoms with Crippen LogP contribution in [0.5, 0.6) is 11.5 Å². The molecule has 2 aromatic rings. The summed E-state index contributed by atoms with van der Waals surface area (Å²) in [5.41, 5.74) is 1.64.